The van der Waals surface area contributed by atoms with Crippen molar-refractivity contribution >= 4 is 29.4 Å². The standard InChI is InChI=1S/C27H29NO5/c1-5-32-26(29)23-18(3)28-25(20-13-8-7-9-14-20)24(27(30)33-6-2)21(23)17-16-19-12-10-11-15-22(19)31-4/h7-17,21,23H,5-6H2,1-4H3/b17-16+. The number of carbonyl (C=O) groups is 2. The number of aliphatic imine (C=N–C) groups is 1. The fourth-order valence-corrected chi connectivity index (χ4v) is 3.92. The molecule has 0 saturated carbocycles. The lowest BCUT2D eigenvalue weighted by Gasteiger charge is -2.30. The first-order chi connectivity index (χ1) is 16.0. The van der Waals surface area contributed by atoms with E-state index in [0.717, 1.165) is 11.1 Å². The average molecular weight is 448 g/mol. The Hall–Kier alpha value is -3.67. The number of hydrogen-bond donors (Lipinski definition) is 0. The monoisotopic (exact) mass is 447 g/mol. The molecule has 2 aromatic rings. The predicted octanol–water partition coefficient (Wildman–Crippen LogP) is 4.95. The van der Waals surface area contributed by atoms with E-state index in [-0.39, 0.29) is 13.2 Å². The maximum Gasteiger partial charge on any atom is 0.336 e. The van der Waals surface area contributed by atoms with Crippen molar-refractivity contribution in [2.75, 3.05) is 20.3 Å². The van der Waals surface area contributed by atoms with Crippen LogP contribution in [0.5, 0.6) is 5.75 Å². The smallest absolute Gasteiger partial charge is 0.336 e. The van der Waals surface area contributed by atoms with Crippen LogP contribution in [0.15, 0.2) is 71.2 Å². The zero-order valence-electron chi connectivity index (χ0n) is 19.4. The van der Waals surface area contributed by atoms with Gasteiger partial charge in [-0.3, -0.25) is 9.79 Å². The largest absolute Gasteiger partial charge is 0.496 e. The average Bonchev–Trinajstić information content (AvgIpc) is 2.83. The van der Waals surface area contributed by atoms with Gasteiger partial charge in [-0.1, -0.05) is 60.7 Å². The molecule has 0 fully saturated rings. The van der Waals surface area contributed by atoms with Crippen LogP contribution in [-0.2, 0) is 19.1 Å². The highest BCUT2D eigenvalue weighted by Crippen LogP contribution is 2.38. The van der Waals surface area contributed by atoms with Gasteiger partial charge in [0.15, 0.2) is 0 Å². The lowest BCUT2D eigenvalue weighted by molar-refractivity contribution is -0.146. The Labute approximate surface area is 194 Å². The highest BCUT2D eigenvalue weighted by molar-refractivity contribution is 6.11. The number of hydrogen-bond acceptors (Lipinski definition) is 6. The summed E-state index contributed by atoms with van der Waals surface area (Å²) < 4.78 is 16.2. The molecule has 2 atom stereocenters. The fourth-order valence-electron chi connectivity index (χ4n) is 3.92. The lowest BCUT2D eigenvalue weighted by atomic mass is 9.78. The molecule has 2 unspecified atom stereocenters. The minimum absolute atomic E-state index is 0.208. The first kappa shape index (κ1) is 24.0. The second kappa shape index (κ2) is 11.3. The third-order valence-electron chi connectivity index (χ3n) is 5.39. The Morgan fingerprint density at radius 3 is 2.30 bits per heavy atom. The van der Waals surface area contributed by atoms with Crippen molar-refractivity contribution in [2.45, 2.75) is 20.8 Å². The second-order valence-electron chi connectivity index (χ2n) is 7.46. The van der Waals surface area contributed by atoms with E-state index in [1.807, 2.05) is 66.7 Å². The first-order valence-corrected chi connectivity index (χ1v) is 11.0. The molecule has 0 spiro atoms. The first-order valence-electron chi connectivity index (χ1n) is 11.0. The van der Waals surface area contributed by atoms with E-state index in [0.29, 0.717) is 22.7 Å². The Kier molecular flexibility index (Phi) is 8.19. The van der Waals surface area contributed by atoms with Crippen LogP contribution in [0.3, 0.4) is 0 Å². The van der Waals surface area contributed by atoms with E-state index in [2.05, 4.69) is 0 Å². The number of benzene rings is 2. The fraction of sp³-hybridized carbons (Fsp3) is 0.296. The van der Waals surface area contributed by atoms with Crippen LogP contribution in [0.1, 0.15) is 31.9 Å². The number of rotatable bonds is 8. The highest BCUT2D eigenvalue weighted by atomic mass is 16.5. The summed E-state index contributed by atoms with van der Waals surface area (Å²) in [7, 11) is 1.60. The van der Waals surface area contributed by atoms with Gasteiger partial charge in [0.05, 0.1) is 31.6 Å². The van der Waals surface area contributed by atoms with Crippen molar-refractivity contribution in [2.24, 2.45) is 16.8 Å². The van der Waals surface area contributed by atoms with E-state index in [1.165, 1.54) is 0 Å². The molecule has 6 nitrogen and oxygen atoms in total. The van der Waals surface area contributed by atoms with Crippen molar-refractivity contribution in [1.82, 2.24) is 0 Å². The van der Waals surface area contributed by atoms with Gasteiger partial charge in [-0.05, 0) is 26.8 Å². The maximum absolute atomic E-state index is 13.2. The van der Waals surface area contributed by atoms with Crippen LogP contribution in [-0.4, -0.2) is 38.0 Å². The molecule has 33 heavy (non-hydrogen) atoms. The molecule has 6 heteroatoms. The van der Waals surface area contributed by atoms with Gasteiger partial charge in [0.1, 0.15) is 11.7 Å². The molecule has 1 heterocycles. The van der Waals surface area contributed by atoms with E-state index in [1.54, 1.807) is 27.9 Å². The van der Waals surface area contributed by atoms with Gasteiger partial charge in [0.2, 0.25) is 0 Å². The minimum atomic E-state index is -0.747. The summed E-state index contributed by atoms with van der Waals surface area (Å²) >= 11 is 0. The van der Waals surface area contributed by atoms with Crippen molar-refractivity contribution in [3.63, 3.8) is 0 Å². The molecule has 0 aromatic heterocycles. The normalized spacial score (nSPS) is 18.1. The van der Waals surface area contributed by atoms with Gasteiger partial charge >= 0.3 is 11.9 Å². The van der Waals surface area contributed by atoms with E-state index in [9.17, 15) is 9.59 Å². The van der Waals surface area contributed by atoms with Crippen LogP contribution in [0, 0.1) is 11.8 Å². The Balaban J connectivity index is 2.21. The van der Waals surface area contributed by atoms with Crippen molar-refractivity contribution in [3.8, 4) is 5.75 Å². The molecule has 0 radical (unpaired) electrons. The summed E-state index contributed by atoms with van der Waals surface area (Å²) in [5.41, 5.74) is 3.01. The number of methoxy groups -OCH3 is 1. The van der Waals surface area contributed by atoms with Gasteiger partial charge in [-0.2, -0.15) is 0 Å². The summed E-state index contributed by atoms with van der Waals surface area (Å²) in [6.45, 7) is 5.73. The quantitative estimate of drug-likeness (QED) is 0.535. The topological polar surface area (TPSA) is 74.2 Å². The number of nitrogens with zero attached hydrogens (tertiary/aromatic N) is 1. The number of esters is 2. The molecular formula is C27H29NO5. The van der Waals surface area contributed by atoms with Crippen LogP contribution in [0.4, 0.5) is 0 Å². The molecule has 0 amide bonds. The summed E-state index contributed by atoms with van der Waals surface area (Å²) in [6.07, 6.45) is 3.70. The molecule has 0 bridgehead atoms. The zero-order chi connectivity index (χ0) is 23.8. The summed E-state index contributed by atoms with van der Waals surface area (Å²) in [6, 6.07) is 17.0. The molecular weight excluding hydrogens is 418 g/mol. The van der Waals surface area contributed by atoms with Gasteiger partial charge in [0.25, 0.3) is 0 Å². The maximum atomic E-state index is 13.2. The summed E-state index contributed by atoms with van der Waals surface area (Å²) in [5, 5.41) is 0. The van der Waals surface area contributed by atoms with E-state index < -0.39 is 23.8 Å². The molecule has 0 aliphatic carbocycles. The van der Waals surface area contributed by atoms with Crippen molar-refractivity contribution < 1.29 is 23.8 Å². The van der Waals surface area contributed by atoms with Gasteiger partial charge in [-0.15, -0.1) is 0 Å². The molecule has 1 aliphatic rings. The van der Waals surface area contributed by atoms with E-state index in [4.69, 9.17) is 19.2 Å². The van der Waals surface area contributed by atoms with Crippen LogP contribution >= 0.6 is 0 Å². The zero-order valence-corrected chi connectivity index (χ0v) is 19.4. The number of para-hydroxylation sites is 1. The molecule has 3 rings (SSSR count). The lowest BCUT2D eigenvalue weighted by Crippen LogP contribution is -2.37. The van der Waals surface area contributed by atoms with Crippen LogP contribution in [0.25, 0.3) is 11.8 Å². The highest BCUT2D eigenvalue weighted by Gasteiger charge is 2.41. The second-order valence-corrected chi connectivity index (χ2v) is 7.46. The molecule has 0 saturated heterocycles. The minimum Gasteiger partial charge on any atom is -0.496 e. The Bertz CT molecular complexity index is 1080. The predicted molar refractivity (Wildman–Crippen MR) is 129 cm³/mol. The van der Waals surface area contributed by atoms with Gasteiger partial charge in [-0.25, -0.2) is 4.79 Å². The van der Waals surface area contributed by atoms with Crippen LogP contribution < -0.4 is 4.74 Å². The number of ether oxygens (including phenoxy) is 3. The number of carbonyl (C=O) groups excluding carboxylic acids is 2. The number of allylic oxidation sites excluding steroid dienone is 1. The third kappa shape index (κ3) is 5.40. The third-order valence-corrected chi connectivity index (χ3v) is 5.39. The van der Waals surface area contributed by atoms with Gasteiger partial charge < -0.3 is 14.2 Å². The van der Waals surface area contributed by atoms with Crippen LogP contribution in [0.2, 0.25) is 0 Å². The van der Waals surface area contributed by atoms with Gasteiger partial charge in [0, 0.05) is 22.8 Å². The molecule has 2 aromatic carbocycles. The van der Waals surface area contributed by atoms with E-state index >= 15 is 0 Å². The Morgan fingerprint density at radius 1 is 0.970 bits per heavy atom. The molecule has 0 N–H and O–H groups in total. The summed E-state index contributed by atoms with van der Waals surface area (Å²) in [4.78, 5) is 30.9. The van der Waals surface area contributed by atoms with Crippen molar-refractivity contribution in [3.05, 3.63) is 77.4 Å². The van der Waals surface area contributed by atoms with Crippen molar-refractivity contribution in [1.29, 1.82) is 0 Å². The summed E-state index contributed by atoms with van der Waals surface area (Å²) in [5.74, 6) is -1.62. The SMILES string of the molecule is CCOC(=O)C1=C(c2ccccc2)N=C(C)C(C(=O)OCC)C1/C=C/c1ccccc1OC. The Morgan fingerprint density at radius 2 is 1.64 bits per heavy atom. The molecule has 1 aliphatic heterocycles. The molecule has 172 valence electrons.